The fourth-order valence-electron chi connectivity index (χ4n) is 2.20. The minimum absolute atomic E-state index is 0.114. The fraction of sp³-hybridized carbons (Fsp3) is 0.467. The number of carboxylic acid groups (broad SMARTS) is 1. The monoisotopic (exact) mass is 325 g/mol. The third-order valence-corrected chi connectivity index (χ3v) is 5.45. The number of aliphatic carboxylic acids is 1. The summed E-state index contributed by atoms with van der Waals surface area (Å²) in [6.07, 6.45) is 5.59. The number of carboxylic acids is 1. The molecule has 1 amide bonds. The highest BCUT2D eigenvalue weighted by Gasteiger charge is 2.17. The molecule has 2 rings (SSSR count). The normalized spacial score (nSPS) is 16.2. The van der Waals surface area contributed by atoms with Crippen LogP contribution < -0.4 is 5.32 Å². The number of carbonyl (C=O) groups is 2. The van der Waals surface area contributed by atoms with Crippen LogP contribution in [0.25, 0.3) is 6.08 Å². The van der Waals surface area contributed by atoms with E-state index in [4.69, 9.17) is 5.11 Å². The van der Waals surface area contributed by atoms with Gasteiger partial charge in [-0.25, -0.2) is 4.79 Å². The van der Waals surface area contributed by atoms with Gasteiger partial charge in [-0.15, -0.1) is 11.3 Å². The van der Waals surface area contributed by atoms with E-state index in [1.54, 1.807) is 6.08 Å². The lowest BCUT2D eigenvalue weighted by Gasteiger charge is -2.20. The molecule has 0 spiro atoms. The molecule has 0 saturated carbocycles. The summed E-state index contributed by atoms with van der Waals surface area (Å²) < 4.78 is 0. The number of thiophene rings is 1. The highest BCUT2D eigenvalue weighted by molar-refractivity contribution is 7.99. The molecule has 0 aromatic carbocycles. The Labute approximate surface area is 132 Å². The molecule has 1 saturated heterocycles. The maximum Gasteiger partial charge on any atom is 0.328 e. The zero-order valence-electron chi connectivity index (χ0n) is 11.7. The first-order valence-electron chi connectivity index (χ1n) is 6.97. The van der Waals surface area contributed by atoms with Gasteiger partial charge in [0, 0.05) is 22.3 Å². The van der Waals surface area contributed by atoms with Crippen molar-refractivity contribution in [1.29, 1.82) is 0 Å². The van der Waals surface area contributed by atoms with Gasteiger partial charge in [0.05, 0.1) is 6.54 Å². The van der Waals surface area contributed by atoms with E-state index in [2.05, 4.69) is 5.32 Å². The van der Waals surface area contributed by atoms with Gasteiger partial charge in [-0.3, -0.25) is 4.79 Å². The van der Waals surface area contributed by atoms with Gasteiger partial charge in [-0.1, -0.05) is 0 Å². The Morgan fingerprint density at radius 2 is 2.10 bits per heavy atom. The molecule has 0 atom stereocenters. The third-order valence-electron chi connectivity index (χ3n) is 3.35. The number of nitrogens with one attached hydrogen (secondary N) is 1. The summed E-state index contributed by atoms with van der Waals surface area (Å²) in [5.74, 6) is 2.03. The van der Waals surface area contributed by atoms with Crippen molar-refractivity contribution in [2.45, 2.75) is 25.8 Å². The smallest absolute Gasteiger partial charge is 0.328 e. The molecule has 1 aliphatic heterocycles. The van der Waals surface area contributed by atoms with E-state index < -0.39 is 5.97 Å². The van der Waals surface area contributed by atoms with Crippen LogP contribution in [0.3, 0.4) is 0 Å². The van der Waals surface area contributed by atoms with Crippen molar-refractivity contribution in [2.24, 2.45) is 5.92 Å². The second-order valence-corrected chi connectivity index (χ2v) is 7.44. The maximum atomic E-state index is 11.9. The molecular formula is C15H19NO3S2. The van der Waals surface area contributed by atoms with Crippen molar-refractivity contribution in [2.75, 3.05) is 11.5 Å². The lowest BCUT2D eigenvalue weighted by atomic mass is 9.98. The van der Waals surface area contributed by atoms with Gasteiger partial charge in [0.25, 0.3) is 0 Å². The summed E-state index contributed by atoms with van der Waals surface area (Å²) >= 11 is 3.46. The largest absolute Gasteiger partial charge is 0.478 e. The predicted molar refractivity (Wildman–Crippen MR) is 87.5 cm³/mol. The molecule has 1 aliphatic rings. The van der Waals surface area contributed by atoms with Gasteiger partial charge >= 0.3 is 5.97 Å². The van der Waals surface area contributed by atoms with Crippen LogP contribution in [0.1, 0.15) is 29.0 Å². The number of hydrogen-bond acceptors (Lipinski definition) is 4. The molecule has 1 aromatic rings. The summed E-state index contributed by atoms with van der Waals surface area (Å²) in [4.78, 5) is 24.3. The summed E-state index contributed by atoms with van der Waals surface area (Å²) in [6, 6.07) is 3.79. The van der Waals surface area contributed by atoms with Crippen LogP contribution in [0.5, 0.6) is 0 Å². The third kappa shape index (κ3) is 5.93. The van der Waals surface area contributed by atoms with E-state index in [-0.39, 0.29) is 5.91 Å². The zero-order chi connectivity index (χ0) is 15.1. The zero-order valence-corrected chi connectivity index (χ0v) is 13.3. The van der Waals surface area contributed by atoms with Gasteiger partial charge in [0.15, 0.2) is 0 Å². The lowest BCUT2D eigenvalue weighted by molar-refractivity contribution is -0.131. The minimum Gasteiger partial charge on any atom is -0.478 e. The van der Waals surface area contributed by atoms with Crippen LogP contribution >= 0.6 is 23.1 Å². The standard InChI is InChI=1S/C15H19NO3S2/c17-14(9-11-5-7-20-8-6-11)16-10-13-2-1-12(21-13)3-4-15(18)19/h1-4,11H,5-10H2,(H,16,17)(H,18,19)/b4-3+. The average molecular weight is 325 g/mol. The van der Waals surface area contributed by atoms with Crippen LogP contribution in [0.2, 0.25) is 0 Å². The molecule has 0 unspecified atom stereocenters. The summed E-state index contributed by atoms with van der Waals surface area (Å²) in [5, 5.41) is 11.5. The molecule has 1 fully saturated rings. The van der Waals surface area contributed by atoms with E-state index in [9.17, 15) is 9.59 Å². The fourth-order valence-corrected chi connectivity index (χ4v) is 4.26. The van der Waals surface area contributed by atoms with Crippen molar-refractivity contribution in [3.8, 4) is 0 Å². The first-order chi connectivity index (χ1) is 10.1. The molecule has 1 aromatic heterocycles. The highest BCUT2D eigenvalue weighted by Crippen LogP contribution is 2.25. The summed E-state index contributed by atoms with van der Waals surface area (Å²) in [7, 11) is 0. The highest BCUT2D eigenvalue weighted by atomic mass is 32.2. The molecule has 0 aliphatic carbocycles. The Hall–Kier alpha value is -1.27. The van der Waals surface area contributed by atoms with Crippen molar-refractivity contribution < 1.29 is 14.7 Å². The van der Waals surface area contributed by atoms with E-state index in [0.717, 1.165) is 28.7 Å². The summed E-state index contributed by atoms with van der Waals surface area (Å²) in [6.45, 7) is 0.520. The van der Waals surface area contributed by atoms with Crippen LogP contribution in [0.4, 0.5) is 0 Å². The van der Waals surface area contributed by atoms with E-state index >= 15 is 0 Å². The van der Waals surface area contributed by atoms with Crippen molar-refractivity contribution in [3.63, 3.8) is 0 Å². The van der Waals surface area contributed by atoms with E-state index in [1.807, 2.05) is 23.9 Å². The Balaban J connectivity index is 1.74. The number of hydrogen-bond donors (Lipinski definition) is 2. The quantitative estimate of drug-likeness (QED) is 0.789. The van der Waals surface area contributed by atoms with Crippen LogP contribution in [0, 0.1) is 5.92 Å². The molecule has 21 heavy (non-hydrogen) atoms. The van der Waals surface area contributed by atoms with E-state index in [1.165, 1.54) is 22.8 Å². The molecule has 4 nitrogen and oxygen atoms in total. The molecule has 0 bridgehead atoms. The van der Waals surface area contributed by atoms with Crippen molar-refractivity contribution in [3.05, 3.63) is 28.0 Å². The Bertz CT molecular complexity index is 519. The maximum absolute atomic E-state index is 11.9. The Kier molecular flexibility index (Phi) is 6.32. The molecule has 2 N–H and O–H groups in total. The van der Waals surface area contributed by atoms with Crippen molar-refractivity contribution >= 4 is 41.1 Å². The number of amides is 1. The van der Waals surface area contributed by atoms with Gasteiger partial charge in [-0.05, 0) is 48.5 Å². The molecule has 0 radical (unpaired) electrons. The molecule has 2 heterocycles. The number of carbonyl (C=O) groups excluding carboxylic acids is 1. The SMILES string of the molecule is O=C(O)/C=C/c1ccc(CNC(=O)CC2CCSCC2)s1. The first kappa shape index (κ1) is 16.1. The average Bonchev–Trinajstić information content (AvgIpc) is 2.92. The lowest BCUT2D eigenvalue weighted by Crippen LogP contribution is -2.26. The van der Waals surface area contributed by atoms with Crippen LogP contribution in [0.15, 0.2) is 18.2 Å². The van der Waals surface area contributed by atoms with E-state index in [0.29, 0.717) is 18.9 Å². The molecule has 114 valence electrons. The van der Waals surface area contributed by atoms with Crippen LogP contribution in [-0.2, 0) is 16.1 Å². The second kappa shape index (κ2) is 8.24. The Morgan fingerprint density at radius 3 is 2.81 bits per heavy atom. The first-order valence-corrected chi connectivity index (χ1v) is 8.95. The molecule has 6 heteroatoms. The van der Waals surface area contributed by atoms with Gasteiger partial charge in [-0.2, -0.15) is 11.8 Å². The van der Waals surface area contributed by atoms with Gasteiger partial charge in [0.2, 0.25) is 5.91 Å². The van der Waals surface area contributed by atoms with Crippen LogP contribution in [-0.4, -0.2) is 28.5 Å². The predicted octanol–water partition coefficient (Wildman–Crippen LogP) is 3.00. The topological polar surface area (TPSA) is 66.4 Å². The Morgan fingerprint density at radius 1 is 1.33 bits per heavy atom. The van der Waals surface area contributed by atoms with Gasteiger partial charge in [0.1, 0.15) is 0 Å². The van der Waals surface area contributed by atoms with Gasteiger partial charge < -0.3 is 10.4 Å². The number of rotatable bonds is 6. The number of thioether (sulfide) groups is 1. The minimum atomic E-state index is -0.955. The van der Waals surface area contributed by atoms with Crippen molar-refractivity contribution in [1.82, 2.24) is 5.32 Å². The summed E-state index contributed by atoms with van der Waals surface area (Å²) in [5.41, 5.74) is 0. The molecular weight excluding hydrogens is 306 g/mol. The second-order valence-electron chi connectivity index (χ2n) is 5.01.